The highest BCUT2D eigenvalue weighted by Crippen LogP contribution is 2.38. The Balaban J connectivity index is 0.000000298. The van der Waals surface area contributed by atoms with Gasteiger partial charge in [0.25, 0.3) is 0 Å². The second-order valence-corrected chi connectivity index (χ2v) is 7.68. The van der Waals surface area contributed by atoms with E-state index in [1.807, 2.05) is 0 Å². The zero-order valence-corrected chi connectivity index (χ0v) is 16.0. The number of ether oxygens (including phenoxy) is 1. The van der Waals surface area contributed by atoms with Crippen molar-refractivity contribution in [3.63, 3.8) is 0 Å². The maximum absolute atomic E-state index is 13.9. The van der Waals surface area contributed by atoms with Gasteiger partial charge in [0.05, 0.1) is 16.0 Å². The number of benzene rings is 1. The molecule has 1 aliphatic rings. The van der Waals surface area contributed by atoms with Crippen molar-refractivity contribution in [2.24, 2.45) is 5.73 Å². The molecule has 1 saturated carbocycles. The van der Waals surface area contributed by atoms with E-state index < -0.39 is 6.09 Å². The Kier molecular flexibility index (Phi) is 7.38. The Morgan fingerprint density at radius 1 is 1.31 bits per heavy atom. The first-order valence-corrected chi connectivity index (χ1v) is 9.65. The van der Waals surface area contributed by atoms with Crippen LogP contribution in [0, 0.1) is 5.82 Å². The maximum Gasteiger partial charge on any atom is 0.404 e. The van der Waals surface area contributed by atoms with Crippen LogP contribution in [-0.4, -0.2) is 17.2 Å². The number of hydrogen-bond donors (Lipinski definition) is 2. The summed E-state index contributed by atoms with van der Waals surface area (Å²) in [4.78, 5) is 15.2. The first kappa shape index (κ1) is 20.2. The minimum atomic E-state index is -0.713. The number of carbonyl (C=O) groups is 1. The van der Waals surface area contributed by atoms with Gasteiger partial charge in [-0.25, -0.2) is 14.2 Å². The monoisotopic (exact) mass is 379 g/mol. The van der Waals surface area contributed by atoms with Crippen molar-refractivity contribution in [3.8, 4) is 10.4 Å². The number of rotatable bonds is 3. The fourth-order valence-corrected chi connectivity index (χ4v) is 4.03. The van der Waals surface area contributed by atoms with Gasteiger partial charge in [-0.05, 0) is 44.9 Å². The Bertz CT molecular complexity index is 727. The lowest BCUT2D eigenvalue weighted by Crippen LogP contribution is -2.17. The molecule has 0 spiro atoms. The quantitative estimate of drug-likeness (QED) is 0.728. The molecule has 3 rings (SSSR count). The number of aromatic nitrogens is 1. The van der Waals surface area contributed by atoms with Gasteiger partial charge in [-0.2, -0.15) is 0 Å². The van der Waals surface area contributed by atoms with E-state index in [9.17, 15) is 9.18 Å². The van der Waals surface area contributed by atoms with Crippen molar-refractivity contribution in [2.45, 2.75) is 58.0 Å². The number of nitrogens with two attached hydrogens (primary N) is 2. The number of nitrogen functional groups attached to an aromatic ring is 1. The molecule has 0 unspecified atom stereocenters. The number of carbonyl (C=O) groups excluding carboxylic acids is 1. The lowest BCUT2D eigenvalue weighted by atomic mass is 9.90. The molecule has 0 bridgehead atoms. The van der Waals surface area contributed by atoms with Crippen LogP contribution in [0.1, 0.15) is 56.9 Å². The van der Waals surface area contributed by atoms with Gasteiger partial charge in [0, 0.05) is 23.4 Å². The summed E-state index contributed by atoms with van der Waals surface area (Å²) in [6.07, 6.45) is 7.33. The highest BCUT2D eigenvalue weighted by Gasteiger charge is 2.19. The number of amides is 1. The van der Waals surface area contributed by atoms with E-state index in [0.717, 1.165) is 9.88 Å². The van der Waals surface area contributed by atoms with Gasteiger partial charge in [0.1, 0.15) is 5.82 Å². The molecule has 0 radical (unpaired) electrons. The zero-order chi connectivity index (χ0) is 19.1. The van der Waals surface area contributed by atoms with Crippen LogP contribution < -0.4 is 11.5 Å². The average molecular weight is 380 g/mol. The molecular formula is C19H26FN3O2S. The summed E-state index contributed by atoms with van der Waals surface area (Å²) in [5.41, 5.74) is 11.3. The van der Waals surface area contributed by atoms with Gasteiger partial charge < -0.3 is 16.2 Å². The summed E-state index contributed by atoms with van der Waals surface area (Å²) >= 11 is 1.62. The predicted octanol–water partition coefficient (Wildman–Crippen LogP) is 5.07. The number of nitrogens with zero attached hydrogens (tertiary/aromatic N) is 1. The molecule has 1 fully saturated rings. The third-order valence-corrected chi connectivity index (χ3v) is 5.28. The highest BCUT2D eigenvalue weighted by molar-refractivity contribution is 7.15. The van der Waals surface area contributed by atoms with E-state index >= 15 is 0 Å². The van der Waals surface area contributed by atoms with Gasteiger partial charge in [-0.15, -0.1) is 11.3 Å². The largest absolute Gasteiger partial charge is 0.447 e. The Labute approximate surface area is 157 Å². The molecule has 1 aliphatic carbocycles. The highest BCUT2D eigenvalue weighted by atomic mass is 32.1. The molecule has 1 amide bonds. The molecule has 7 heteroatoms. The predicted molar refractivity (Wildman–Crippen MR) is 104 cm³/mol. The minimum absolute atomic E-state index is 0.0995. The summed E-state index contributed by atoms with van der Waals surface area (Å²) in [6, 6.07) is 4.84. The van der Waals surface area contributed by atoms with Crippen molar-refractivity contribution < 1.29 is 13.9 Å². The number of hydrogen-bond acceptors (Lipinski definition) is 5. The molecule has 0 saturated heterocycles. The third-order valence-electron chi connectivity index (χ3n) is 4.09. The summed E-state index contributed by atoms with van der Waals surface area (Å²) in [6.45, 7) is 3.48. The number of primary amides is 1. The molecule has 2 aromatic rings. The average Bonchev–Trinajstić information content (AvgIpc) is 3.04. The second kappa shape index (κ2) is 9.52. The van der Waals surface area contributed by atoms with Crippen LogP contribution in [0.5, 0.6) is 0 Å². The Morgan fingerprint density at radius 2 is 2.00 bits per heavy atom. The summed E-state index contributed by atoms with van der Waals surface area (Å²) in [5, 5.41) is 1.16. The van der Waals surface area contributed by atoms with E-state index in [0.29, 0.717) is 17.2 Å². The molecule has 0 atom stereocenters. The lowest BCUT2D eigenvalue weighted by Gasteiger charge is -2.18. The van der Waals surface area contributed by atoms with Gasteiger partial charge in [0.2, 0.25) is 0 Å². The smallest absolute Gasteiger partial charge is 0.404 e. The first-order chi connectivity index (χ1) is 12.4. The maximum atomic E-state index is 13.9. The molecule has 1 heterocycles. The molecule has 1 aromatic heterocycles. The van der Waals surface area contributed by atoms with E-state index in [-0.39, 0.29) is 11.9 Å². The van der Waals surface area contributed by atoms with Gasteiger partial charge in [-0.3, -0.25) is 0 Å². The van der Waals surface area contributed by atoms with Crippen LogP contribution in [0.2, 0.25) is 0 Å². The summed E-state index contributed by atoms with van der Waals surface area (Å²) < 4.78 is 18.3. The third kappa shape index (κ3) is 5.98. The van der Waals surface area contributed by atoms with Gasteiger partial charge in [0.15, 0.2) is 0 Å². The van der Waals surface area contributed by atoms with Gasteiger partial charge in [-0.1, -0.05) is 19.3 Å². The fraction of sp³-hybridized carbons (Fsp3) is 0.474. The van der Waals surface area contributed by atoms with Crippen LogP contribution in [0.4, 0.5) is 14.9 Å². The van der Waals surface area contributed by atoms with Crippen LogP contribution in [0.15, 0.2) is 24.4 Å². The number of halogens is 1. The van der Waals surface area contributed by atoms with Crippen molar-refractivity contribution in [1.29, 1.82) is 0 Å². The molecular weight excluding hydrogens is 353 g/mol. The first-order valence-electron chi connectivity index (χ1n) is 8.84. The fourth-order valence-electron chi connectivity index (χ4n) is 2.91. The molecule has 1 aromatic carbocycles. The SMILES string of the molecule is CC(C)OC(N)=O.Nc1ccc(-c2cnc(C3CCCCC3)s2)c(F)c1. The van der Waals surface area contributed by atoms with Gasteiger partial charge >= 0.3 is 6.09 Å². The number of thiazole rings is 1. The minimum Gasteiger partial charge on any atom is -0.447 e. The molecule has 26 heavy (non-hydrogen) atoms. The molecule has 4 N–H and O–H groups in total. The zero-order valence-electron chi connectivity index (χ0n) is 15.2. The number of anilines is 1. The molecule has 0 aliphatic heterocycles. The van der Waals surface area contributed by atoms with Crippen molar-refractivity contribution in [2.75, 3.05) is 5.73 Å². The standard InChI is InChI=1S/C15H17FN2S.C4H9NO2/c16-13-8-11(17)6-7-12(13)14-9-18-15(19-14)10-4-2-1-3-5-10;1-3(2)7-4(5)6/h6-10H,1-5,17H2;3H,1-2H3,(H2,5,6). The van der Waals surface area contributed by atoms with E-state index in [1.54, 1.807) is 43.5 Å². The van der Waals surface area contributed by atoms with E-state index in [2.05, 4.69) is 15.5 Å². The van der Waals surface area contributed by atoms with E-state index in [1.165, 1.54) is 38.2 Å². The topological polar surface area (TPSA) is 91.2 Å². The molecule has 142 valence electrons. The summed E-state index contributed by atoms with van der Waals surface area (Å²) in [5.74, 6) is 0.309. The Morgan fingerprint density at radius 3 is 2.54 bits per heavy atom. The van der Waals surface area contributed by atoms with Crippen LogP contribution in [-0.2, 0) is 4.74 Å². The van der Waals surface area contributed by atoms with Crippen molar-refractivity contribution in [1.82, 2.24) is 4.98 Å². The van der Waals surface area contributed by atoms with Crippen LogP contribution >= 0.6 is 11.3 Å². The van der Waals surface area contributed by atoms with Crippen LogP contribution in [0.3, 0.4) is 0 Å². The summed E-state index contributed by atoms with van der Waals surface area (Å²) in [7, 11) is 0. The normalized spacial score (nSPS) is 14.6. The second-order valence-electron chi connectivity index (χ2n) is 6.62. The van der Waals surface area contributed by atoms with Crippen molar-refractivity contribution in [3.05, 3.63) is 35.2 Å². The van der Waals surface area contributed by atoms with Crippen molar-refractivity contribution >= 4 is 23.1 Å². The van der Waals surface area contributed by atoms with Crippen LogP contribution in [0.25, 0.3) is 10.4 Å². The Hall–Kier alpha value is -2.15. The lowest BCUT2D eigenvalue weighted by molar-refractivity contribution is 0.125. The van der Waals surface area contributed by atoms with E-state index in [4.69, 9.17) is 5.73 Å². The molecule has 5 nitrogen and oxygen atoms in total.